The number of benzene rings is 2. The highest BCUT2D eigenvalue weighted by Crippen LogP contribution is 2.18. The van der Waals surface area contributed by atoms with Crippen LogP contribution in [0, 0.1) is 0 Å². The standard InChI is InChI=1S/C15H18N2O.ClH/c1-15(16,17)13-7-9-14(10-8-13)18-11-12-5-3-2-4-6-12;/h2-10H,11,16-17H2,1H3;1H. The van der Waals surface area contributed by atoms with Gasteiger partial charge in [0.2, 0.25) is 0 Å². The van der Waals surface area contributed by atoms with Gasteiger partial charge in [-0.05, 0) is 30.2 Å². The molecule has 0 heterocycles. The van der Waals surface area contributed by atoms with Crippen molar-refractivity contribution in [3.05, 3.63) is 65.7 Å². The Morgan fingerprint density at radius 1 is 0.947 bits per heavy atom. The summed E-state index contributed by atoms with van der Waals surface area (Å²) >= 11 is 0. The smallest absolute Gasteiger partial charge is 0.119 e. The van der Waals surface area contributed by atoms with Gasteiger partial charge in [0.15, 0.2) is 0 Å². The van der Waals surface area contributed by atoms with Crippen molar-refractivity contribution in [1.29, 1.82) is 0 Å². The third-order valence-electron chi connectivity index (χ3n) is 2.72. The average Bonchev–Trinajstić information content (AvgIpc) is 2.37. The fraction of sp³-hybridized carbons (Fsp3) is 0.200. The first-order chi connectivity index (χ1) is 8.55. The van der Waals surface area contributed by atoms with Crippen molar-refractivity contribution < 1.29 is 4.74 Å². The summed E-state index contributed by atoms with van der Waals surface area (Å²) < 4.78 is 5.68. The summed E-state index contributed by atoms with van der Waals surface area (Å²) in [5.41, 5.74) is 12.8. The van der Waals surface area contributed by atoms with Gasteiger partial charge in [-0.3, -0.25) is 0 Å². The second-order valence-corrected chi connectivity index (χ2v) is 4.58. The fourth-order valence-corrected chi connectivity index (χ4v) is 1.65. The highest BCUT2D eigenvalue weighted by atomic mass is 35.5. The van der Waals surface area contributed by atoms with Crippen molar-refractivity contribution >= 4 is 12.4 Å². The molecule has 0 spiro atoms. The number of hydrogen-bond donors (Lipinski definition) is 2. The quantitative estimate of drug-likeness (QED) is 0.846. The zero-order valence-electron chi connectivity index (χ0n) is 10.9. The van der Waals surface area contributed by atoms with Crippen molar-refractivity contribution in [3.8, 4) is 5.75 Å². The van der Waals surface area contributed by atoms with Gasteiger partial charge in [-0.15, -0.1) is 12.4 Å². The molecule has 0 saturated heterocycles. The van der Waals surface area contributed by atoms with Crippen LogP contribution in [-0.4, -0.2) is 0 Å². The molecule has 0 aliphatic heterocycles. The van der Waals surface area contributed by atoms with Crippen molar-refractivity contribution in [2.24, 2.45) is 11.5 Å². The lowest BCUT2D eigenvalue weighted by Crippen LogP contribution is -2.42. The predicted molar refractivity (Wildman–Crippen MR) is 80.2 cm³/mol. The molecule has 0 unspecified atom stereocenters. The fourth-order valence-electron chi connectivity index (χ4n) is 1.65. The Bertz CT molecular complexity index is 492. The summed E-state index contributed by atoms with van der Waals surface area (Å²) in [5, 5.41) is 0. The zero-order valence-corrected chi connectivity index (χ0v) is 11.7. The maximum atomic E-state index is 5.81. The van der Waals surface area contributed by atoms with Gasteiger partial charge in [0.25, 0.3) is 0 Å². The number of hydrogen-bond acceptors (Lipinski definition) is 3. The Morgan fingerprint density at radius 2 is 1.53 bits per heavy atom. The van der Waals surface area contributed by atoms with Crippen molar-refractivity contribution in [2.45, 2.75) is 19.2 Å². The average molecular weight is 279 g/mol. The van der Waals surface area contributed by atoms with E-state index in [4.69, 9.17) is 16.2 Å². The van der Waals surface area contributed by atoms with E-state index in [0.29, 0.717) is 6.61 Å². The van der Waals surface area contributed by atoms with Gasteiger partial charge in [-0.2, -0.15) is 0 Å². The van der Waals surface area contributed by atoms with Crippen LogP contribution < -0.4 is 16.2 Å². The molecule has 0 amide bonds. The molecule has 3 nitrogen and oxygen atoms in total. The van der Waals surface area contributed by atoms with Crippen LogP contribution in [0.2, 0.25) is 0 Å². The Morgan fingerprint density at radius 3 is 2.05 bits per heavy atom. The Labute approximate surface area is 120 Å². The van der Waals surface area contributed by atoms with Crippen molar-refractivity contribution in [2.75, 3.05) is 0 Å². The molecule has 2 rings (SSSR count). The van der Waals surface area contributed by atoms with Crippen molar-refractivity contribution in [3.63, 3.8) is 0 Å². The van der Waals surface area contributed by atoms with E-state index >= 15 is 0 Å². The molecule has 0 saturated carbocycles. The van der Waals surface area contributed by atoms with Gasteiger partial charge in [0.1, 0.15) is 12.4 Å². The molecular weight excluding hydrogens is 260 g/mol. The minimum Gasteiger partial charge on any atom is -0.489 e. The second kappa shape index (κ2) is 6.57. The minimum absolute atomic E-state index is 0. The van der Waals surface area contributed by atoms with Gasteiger partial charge in [-0.1, -0.05) is 42.5 Å². The normalized spacial score (nSPS) is 10.7. The SMILES string of the molecule is CC(N)(N)c1ccc(OCc2ccccc2)cc1.Cl. The first-order valence-electron chi connectivity index (χ1n) is 5.91. The summed E-state index contributed by atoms with van der Waals surface area (Å²) in [6.45, 7) is 2.33. The monoisotopic (exact) mass is 278 g/mol. The summed E-state index contributed by atoms with van der Waals surface area (Å²) in [5.74, 6) is 0.812. The number of nitrogens with two attached hydrogens (primary N) is 2. The first-order valence-corrected chi connectivity index (χ1v) is 5.91. The number of ether oxygens (including phenoxy) is 1. The summed E-state index contributed by atoms with van der Waals surface area (Å²) in [6.07, 6.45) is 0. The molecule has 0 radical (unpaired) electrons. The Balaban J connectivity index is 0.00000180. The van der Waals surface area contributed by atoms with Gasteiger partial charge < -0.3 is 16.2 Å². The largest absolute Gasteiger partial charge is 0.489 e. The molecule has 0 aliphatic carbocycles. The molecule has 0 aromatic heterocycles. The van der Waals surface area contributed by atoms with Crippen LogP contribution in [0.25, 0.3) is 0 Å². The topological polar surface area (TPSA) is 61.3 Å². The minimum atomic E-state index is -0.808. The molecule has 0 bridgehead atoms. The van der Waals surface area contributed by atoms with Crippen LogP contribution in [0.1, 0.15) is 18.1 Å². The molecule has 4 heteroatoms. The van der Waals surface area contributed by atoms with E-state index in [2.05, 4.69) is 0 Å². The van der Waals surface area contributed by atoms with E-state index in [1.807, 2.05) is 54.6 Å². The second-order valence-electron chi connectivity index (χ2n) is 4.58. The lowest BCUT2D eigenvalue weighted by molar-refractivity contribution is 0.306. The Kier molecular flexibility index (Phi) is 5.36. The van der Waals surface area contributed by atoms with Gasteiger partial charge in [0, 0.05) is 0 Å². The number of halogens is 1. The maximum absolute atomic E-state index is 5.81. The Hall–Kier alpha value is -1.55. The van der Waals surface area contributed by atoms with E-state index < -0.39 is 5.66 Å². The summed E-state index contributed by atoms with van der Waals surface area (Å²) in [6, 6.07) is 17.6. The molecule has 2 aromatic carbocycles. The lowest BCUT2D eigenvalue weighted by Gasteiger charge is -2.19. The molecule has 0 aliphatic rings. The molecule has 2 aromatic rings. The molecule has 0 fully saturated rings. The lowest BCUT2D eigenvalue weighted by atomic mass is 10.0. The molecule has 0 atom stereocenters. The highest BCUT2D eigenvalue weighted by molar-refractivity contribution is 5.85. The van der Waals surface area contributed by atoms with Gasteiger partial charge in [-0.25, -0.2) is 0 Å². The zero-order chi connectivity index (χ0) is 13.0. The molecule has 19 heavy (non-hydrogen) atoms. The highest BCUT2D eigenvalue weighted by Gasteiger charge is 2.13. The van der Waals surface area contributed by atoms with Gasteiger partial charge >= 0.3 is 0 Å². The summed E-state index contributed by atoms with van der Waals surface area (Å²) in [7, 11) is 0. The van der Waals surface area contributed by atoms with E-state index in [0.717, 1.165) is 16.9 Å². The molecular formula is C15H19ClN2O. The van der Waals surface area contributed by atoms with Crippen LogP contribution in [0.5, 0.6) is 5.75 Å². The summed E-state index contributed by atoms with van der Waals surface area (Å²) in [4.78, 5) is 0. The van der Waals surface area contributed by atoms with Crippen LogP contribution in [0.3, 0.4) is 0 Å². The molecule has 4 N–H and O–H groups in total. The number of rotatable bonds is 4. The predicted octanol–water partition coefficient (Wildman–Crippen LogP) is 2.78. The third kappa shape index (κ3) is 4.56. The molecule has 102 valence electrons. The van der Waals surface area contributed by atoms with E-state index in [1.165, 1.54) is 0 Å². The van der Waals surface area contributed by atoms with E-state index in [9.17, 15) is 0 Å². The van der Waals surface area contributed by atoms with Crippen LogP contribution in [0.4, 0.5) is 0 Å². The van der Waals surface area contributed by atoms with Crippen LogP contribution >= 0.6 is 12.4 Å². The van der Waals surface area contributed by atoms with Crippen LogP contribution in [-0.2, 0) is 12.3 Å². The van der Waals surface area contributed by atoms with Gasteiger partial charge in [0.05, 0.1) is 5.66 Å². The third-order valence-corrected chi connectivity index (χ3v) is 2.72. The first kappa shape index (κ1) is 15.5. The van der Waals surface area contributed by atoms with E-state index in [1.54, 1.807) is 6.92 Å². The maximum Gasteiger partial charge on any atom is 0.119 e. The van der Waals surface area contributed by atoms with Crippen LogP contribution in [0.15, 0.2) is 54.6 Å². The van der Waals surface area contributed by atoms with E-state index in [-0.39, 0.29) is 12.4 Å². The van der Waals surface area contributed by atoms with Crippen molar-refractivity contribution in [1.82, 2.24) is 0 Å².